The summed E-state index contributed by atoms with van der Waals surface area (Å²) in [6.45, 7) is 3.35. The van der Waals surface area contributed by atoms with Crippen LogP contribution in [-0.4, -0.2) is 50.2 Å². The van der Waals surface area contributed by atoms with Gasteiger partial charge >= 0.3 is 0 Å². The zero-order chi connectivity index (χ0) is 14.4. The molecule has 1 aromatic rings. The van der Waals surface area contributed by atoms with Crippen LogP contribution in [0.15, 0.2) is 24.3 Å². The Hall–Kier alpha value is -1.50. The molecule has 1 amide bonds. The van der Waals surface area contributed by atoms with Gasteiger partial charge in [0, 0.05) is 19.6 Å². The molecule has 0 radical (unpaired) electrons. The highest BCUT2D eigenvalue weighted by Crippen LogP contribution is 2.21. The second-order valence-electron chi connectivity index (χ2n) is 4.72. The normalized spacial score (nSPS) is 17.7. The minimum atomic E-state index is -0.263. The molecule has 1 fully saturated rings. The van der Waals surface area contributed by atoms with Crippen LogP contribution < -0.4 is 11.1 Å². The monoisotopic (exact) mass is 281 g/mol. The van der Waals surface area contributed by atoms with Crippen LogP contribution in [0.2, 0.25) is 0 Å². The van der Waals surface area contributed by atoms with E-state index in [4.69, 9.17) is 10.5 Å². The first-order valence-corrected chi connectivity index (χ1v) is 6.74. The van der Waals surface area contributed by atoms with Gasteiger partial charge in [-0.25, -0.2) is 4.39 Å². The van der Waals surface area contributed by atoms with Crippen molar-refractivity contribution in [1.82, 2.24) is 10.2 Å². The van der Waals surface area contributed by atoms with Gasteiger partial charge in [-0.1, -0.05) is 12.1 Å². The smallest absolute Gasteiger partial charge is 0.233 e. The molecule has 0 bridgehead atoms. The standard InChI is InChI=1S/C14H20FN3O2/c15-12-3-1-11(2-4-12)13(10-17-14(19)9-16)18-5-7-20-8-6-18/h1-4,13H,5-10,16H2,(H,17,19). The molecule has 0 saturated carbocycles. The molecule has 1 aliphatic heterocycles. The van der Waals surface area contributed by atoms with Gasteiger partial charge in [-0.2, -0.15) is 0 Å². The first-order chi connectivity index (χ1) is 9.70. The highest BCUT2D eigenvalue weighted by Gasteiger charge is 2.23. The number of hydrogen-bond donors (Lipinski definition) is 2. The Morgan fingerprint density at radius 2 is 2.00 bits per heavy atom. The SMILES string of the molecule is NCC(=O)NCC(c1ccc(F)cc1)N1CCOCC1. The van der Waals surface area contributed by atoms with Crippen LogP contribution in [0.4, 0.5) is 4.39 Å². The number of nitrogens with zero attached hydrogens (tertiary/aromatic N) is 1. The van der Waals surface area contributed by atoms with Gasteiger partial charge in [-0.3, -0.25) is 9.69 Å². The molecular formula is C14H20FN3O2. The zero-order valence-corrected chi connectivity index (χ0v) is 11.3. The van der Waals surface area contributed by atoms with Crippen LogP contribution in [0.25, 0.3) is 0 Å². The maximum atomic E-state index is 13.0. The van der Waals surface area contributed by atoms with E-state index in [0.29, 0.717) is 19.8 Å². The molecule has 5 nitrogen and oxygen atoms in total. The van der Waals surface area contributed by atoms with Crippen molar-refractivity contribution in [2.24, 2.45) is 5.73 Å². The molecule has 2 rings (SSSR count). The van der Waals surface area contributed by atoms with Crippen molar-refractivity contribution in [2.45, 2.75) is 6.04 Å². The minimum absolute atomic E-state index is 0.00926. The predicted molar refractivity (Wildman–Crippen MR) is 73.6 cm³/mol. The molecule has 1 atom stereocenters. The van der Waals surface area contributed by atoms with Crippen LogP contribution in [0, 0.1) is 5.82 Å². The molecule has 6 heteroatoms. The van der Waals surface area contributed by atoms with Gasteiger partial charge in [0.15, 0.2) is 0 Å². The van der Waals surface area contributed by atoms with E-state index >= 15 is 0 Å². The number of nitrogens with one attached hydrogen (secondary N) is 1. The van der Waals surface area contributed by atoms with E-state index in [9.17, 15) is 9.18 Å². The Morgan fingerprint density at radius 1 is 1.35 bits per heavy atom. The number of benzene rings is 1. The van der Waals surface area contributed by atoms with Gasteiger partial charge in [0.1, 0.15) is 5.82 Å². The summed E-state index contributed by atoms with van der Waals surface area (Å²) in [6, 6.07) is 6.39. The fourth-order valence-corrected chi connectivity index (χ4v) is 2.31. The molecule has 110 valence electrons. The molecule has 3 N–H and O–H groups in total. The van der Waals surface area contributed by atoms with Crippen molar-refractivity contribution >= 4 is 5.91 Å². The van der Waals surface area contributed by atoms with E-state index in [1.807, 2.05) is 0 Å². The molecule has 1 aromatic carbocycles. The van der Waals surface area contributed by atoms with Gasteiger partial charge in [0.05, 0.1) is 25.8 Å². The lowest BCUT2D eigenvalue weighted by Crippen LogP contribution is -2.44. The summed E-state index contributed by atoms with van der Waals surface area (Å²) in [5.41, 5.74) is 6.28. The summed E-state index contributed by atoms with van der Waals surface area (Å²) in [5, 5.41) is 2.80. The molecular weight excluding hydrogens is 261 g/mol. The van der Waals surface area contributed by atoms with Crippen LogP contribution in [0.3, 0.4) is 0 Å². The first kappa shape index (κ1) is 14.9. The van der Waals surface area contributed by atoms with Gasteiger partial charge in [0.25, 0.3) is 0 Å². The number of rotatable bonds is 5. The molecule has 0 aromatic heterocycles. The third-order valence-corrected chi connectivity index (χ3v) is 3.42. The fourth-order valence-electron chi connectivity index (χ4n) is 2.31. The molecule has 1 heterocycles. The Balaban J connectivity index is 2.09. The summed E-state index contributed by atoms with van der Waals surface area (Å²) >= 11 is 0. The van der Waals surface area contributed by atoms with Crippen LogP contribution in [0.1, 0.15) is 11.6 Å². The van der Waals surface area contributed by atoms with Crippen LogP contribution in [0.5, 0.6) is 0 Å². The highest BCUT2D eigenvalue weighted by molar-refractivity contribution is 5.77. The predicted octanol–water partition coefficient (Wildman–Crippen LogP) is 0.274. The third kappa shape index (κ3) is 4.00. The van der Waals surface area contributed by atoms with Gasteiger partial charge in [-0.15, -0.1) is 0 Å². The second-order valence-corrected chi connectivity index (χ2v) is 4.72. The number of nitrogens with two attached hydrogens (primary N) is 1. The summed E-state index contributed by atoms with van der Waals surface area (Å²) in [6.07, 6.45) is 0. The van der Waals surface area contributed by atoms with Crippen molar-refractivity contribution in [3.8, 4) is 0 Å². The highest BCUT2D eigenvalue weighted by atomic mass is 19.1. The van der Waals surface area contributed by atoms with E-state index in [2.05, 4.69) is 10.2 Å². The Bertz CT molecular complexity index is 433. The summed E-state index contributed by atoms with van der Waals surface area (Å²) < 4.78 is 18.4. The van der Waals surface area contributed by atoms with Crippen molar-refractivity contribution < 1.29 is 13.9 Å². The number of amides is 1. The van der Waals surface area contributed by atoms with Crippen molar-refractivity contribution in [1.29, 1.82) is 0 Å². The van der Waals surface area contributed by atoms with Gasteiger partial charge in [0.2, 0.25) is 5.91 Å². The summed E-state index contributed by atoms with van der Waals surface area (Å²) in [5.74, 6) is -0.453. The number of hydrogen-bond acceptors (Lipinski definition) is 4. The third-order valence-electron chi connectivity index (χ3n) is 3.42. The molecule has 1 saturated heterocycles. The number of ether oxygens (including phenoxy) is 1. The quantitative estimate of drug-likeness (QED) is 0.813. The number of carbonyl (C=O) groups is 1. The molecule has 20 heavy (non-hydrogen) atoms. The average Bonchev–Trinajstić information content (AvgIpc) is 2.50. The molecule has 0 spiro atoms. The number of halogens is 1. The number of carbonyl (C=O) groups excluding carboxylic acids is 1. The van der Waals surface area contributed by atoms with Crippen LogP contribution in [-0.2, 0) is 9.53 Å². The maximum Gasteiger partial charge on any atom is 0.233 e. The average molecular weight is 281 g/mol. The topological polar surface area (TPSA) is 67.6 Å². The van der Waals surface area contributed by atoms with Crippen molar-refractivity contribution in [3.63, 3.8) is 0 Å². The van der Waals surface area contributed by atoms with E-state index < -0.39 is 0 Å². The summed E-state index contributed by atoms with van der Waals surface area (Å²) in [4.78, 5) is 13.6. The molecule has 1 unspecified atom stereocenters. The van der Waals surface area contributed by atoms with E-state index in [1.54, 1.807) is 12.1 Å². The molecule has 1 aliphatic rings. The van der Waals surface area contributed by atoms with E-state index in [1.165, 1.54) is 12.1 Å². The summed E-state index contributed by atoms with van der Waals surface area (Å²) in [7, 11) is 0. The fraction of sp³-hybridized carbons (Fsp3) is 0.500. The van der Waals surface area contributed by atoms with E-state index in [0.717, 1.165) is 18.7 Å². The van der Waals surface area contributed by atoms with Crippen molar-refractivity contribution in [3.05, 3.63) is 35.6 Å². The Labute approximate surface area is 117 Å². The number of morpholine rings is 1. The second kappa shape index (κ2) is 7.33. The van der Waals surface area contributed by atoms with Gasteiger partial charge in [-0.05, 0) is 17.7 Å². The first-order valence-electron chi connectivity index (χ1n) is 6.74. The van der Waals surface area contributed by atoms with Crippen molar-refractivity contribution in [2.75, 3.05) is 39.4 Å². The van der Waals surface area contributed by atoms with Crippen LogP contribution >= 0.6 is 0 Å². The lowest BCUT2D eigenvalue weighted by molar-refractivity contribution is -0.120. The largest absolute Gasteiger partial charge is 0.379 e. The minimum Gasteiger partial charge on any atom is -0.379 e. The Morgan fingerprint density at radius 3 is 2.60 bits per heavy atom. The Kier molecular flexibility index (Phi) is 5.46. The maximum absolute atomic E-state index is 13.0. The van der Waals surface area contributed by atoms with Gasteiger partial charge < -0.3 is 15.8 Å². The lowest BCUT2D eigenvalue weighted by Gasteiger charge is -2.34. The zero-order valence-electron chi connectivity index (χ0n) is 11.3. The molecule has 0 aliphatic carbocycles. The van der Waals surface area contributed by atoms with E-state index in [-0.39, 0.29) is 24.3 Å². The lowest BCUT2D eigenvalue weighted by atomic mass is 10.0.